The summed E-state index contributed by atoms with van der Waals surface area (Å²) in [4.78, 5) is 7.09. The van der Waals surface area contributed by atoms with Crippen LogP contribution in [-0.4, -0.2) is 18.1 Å². The zero-order valence-corrected chi connectivity index (χ0v) is 12.4. The average Bonchev–Trinajstić information content (AvgIpc) is 2.86. The summed E-state index contributed by atoms with van der Waals surface area (Å²) in [5, 5.41) is 3.34. The van der Waals surface area contributed by atoms with Crippen LogP contribution in [0.25, 0.3) is 0 Å². The molecule has 2 nitrogen and oxygen atoms in total. The van der Waals surface area contributed by atoms with Gasteiger partial charge in [-0.15, -0.1) is 11.3 Å². The average molecular weight is 272 g/mol. The Bertz CT molecular complexity index is 561. The predicted octanol–water partition coefficient (Wildman–Crippen LogP) is 4.14. The van der Waals surface area contributed by atoms with E-state index in [2.05, 4.69) is 53.4 Å². The quantitative estimate of drug-likeness (QED) is 0.816. The minimum Gasteiger partial charge on any atom is -0.347 e. The second-order valence-corrected chi connectivity index (χ2v) is 6.25. The number of anilines is 1. The normalized spacial score (nSPS) is 19.7. The molecule has 1 fully saturated rings. The van der Waals surface area contributed by atoms with Crippen molar-refractivity contribution in [3.8, 4) is 0 Å². The maximum Gasteiger partial charge on any atom is 0.185 e. The number of benzene rings is 1. The van der Waals surface area contributed by atoms with Gasteiger partial charge in [0.25, 0.3) is 0 Å². The molecule has 0 radical (unpaired) electrons. The smallest absolute Gasteiger partial charge is 0.185 e. The van der Waals surface area contributed by atoms with Crippen molar-refractivity contribution < 1.29 is 0 Å². The lowest BCUT2D eigenvalue weighted by molar-refractivity contribution is 0.508. The van der Waals surface area contributed by atoms with E-state index in [4.69, 9.17) is 0 Å². The summed E-state index contributed by atoms with van der Waals surface area (Å²) >= 11 is 1.77. The van der Waals surface area contributed by atoms with Crippen LogP contribution >= 0.6 is 11.3 Å². The zero-order chi connectivity index (χ0) is 13.2. The minimum atomic E-state index is 0.652. The molecule has 1 atom stereocenters. The lowest BCUT2D eigenvalue weighted by atomic mass is 9.88. The summed E-state index contributed by atoms with van der Waals surface area (Å²) in [6, 6.07) is 8.80. The standard InChI is InChI=1S/C16H20N2S/c1-12-6-3-4-8-15(12)14-7-5-9-18(10-14)16-17-13(2)11-19-16/h3-4,6,8,11,14H,5,7,9-10H2,1-2H3/t14-/m0/s1. The summed E-state index contributed by atoms with van der Waals surface area (Å²) in [6.07, 6.45) is 2.56. The topological polar surface area (TPSA) is 16.1 Å². The Morgan fingerprint density at radius 3 is 2.84 bits per heavy atom. The number of aromatic nitrogens is 1. The number of aryl methyl sites for hydroxylation is 2. The highest BCUT2D eigenvalue weighted by molar-refractivity contribution is 7.13. The van der Waals surface area contributed by atoms with Crippen molar-refractivity contribution in [1.82, 2.24) is 4.98 Å². The van der Waals surface area contributed by atoms with E-state index in [0.29, 0.717) is 5.92 Å². The van der Waals surface area contributed by atoms with E-state index in [0.717, 1.165) is 18.8 Å². The molecule has 3 rings (SSSR count). The Kier molecular flexibility index (Phi) is 3.56. The van der Waals surface area contributed by atoms with Gasteiger partial charge in [-0.1, -0.05) is 24.3 Å². The van der Waals surface area contributed by atoms with Crippen LogP contribution in [0, 0.1) is 13.8 Å². The molecule has 0 unspecified atom stereocenters. The van der Waals surface area contributed by atoms with Gasteiger partial charge in [0.2, 0.25) is 0 Å². The predicted molar refractivity (Wildman–Crippen MR) is 82.2 cm³/mol. The highest BCUT2D eigenvalue weighted by Crippen LogP contribution is 2.32. The Hall–Kier alpha value is -1.35. The van der Waals surface area contributed by atoms with E-state index in [1.165, 1.54) is 29.1 Å². The molecule has 0 aliphatic carbocycles. The first-order valence-corrected chi connectivity index (χ1v) is 7.84. The van der Waals surface area contributed by atoms with Crippen molar-refractivity contribution in [1.29, 1.82) is 0 Å². The fourth-order valence-electron chi connectivity index (χ4n) is 2.94. The van der Waals surface area contributed by atoms with Gasteiger partial charge in [-0.25, -0.2) is 4.98 Å². The van der Waals surface area contributed by atoms with Crippen molar-refractivity contribution in [3.63, 3.8) is 0 Å². The summed E-state index contributed by atoms with van der Waals surface area (Å²) < 4.78 is 0. The van der Waals surface area contributed by atoms with Gasteiger partial charge in [-0.3, -0.25) is 0 Å². The molecular weight excluding hydrogens is 252 g/mol. The van der Waals surface area contributed by atoms with Gasteiger partial charge in [-0.2, -0.15) is 0 Å². The maximum atomic E-state index is 4.63. The van der Waals surface area contributed by atoms with Gasteiger partial charge in [0.1, 0.15) is 0 Å². The highest BCUT2D eigenvalue weighted by Gasteiger charge is 2.23. The lowest BCUT2D eigenvalue weighted by Crippen LogP contribution is -2.34. The van der Waals surface area contributed by atoms with Crippen LogP contribution in [0.4, 0.5) is 5.13 Å². The molecule has 2 heterocycles. The van der Waals surface area contributed by atoms with Crippen LogP contribution < -0.4 is 4.90 Å². The SMILES string of the molecule is Cc1csc(N2CCC[C@H](c3ccccc3C)C2)n1. The first-order valence-electron chi connectivity index (χ1n) is 6.96. The van der Waals surface area contributed by atoms with Crippen molar-refractivity contribution in [2.75, 3.05) is 18.0 Å². The third-order valence-electron chi connectivity index (χ3n) is 3.93. The molecule has 19 heavy (non-hydrogen) atoms. The van der Waals surface area contributed by atoms with Crippen LogP contribution in [0.5, 0.6) is 0 Å². The number of piperidine rings is 1. The van der Waals surface area contributed by atoms with Crippen LogP contribution in [-0.2, 0) is 0 Å². The summed E-state index contributed by atoms with van der Waals surface area (Å²) in [7, 11) is 0. The lowest BCUT2D eigenvalue weighted by Gasteiger charge is -2.33. The summed E-state index contributed by atoms with van der Waals surface area (Å²) in [5.41, 5.74) is 4.07. The van der Waals surface area contributed by atoms with Crippen molar-refractivity contribution in [3.05, 3.63) is 46.5 Å². The second-order valence-electron chi connectivity index (χ2n) is 5.41. The highest BCUT2D eigenvalue weighted by atomic mass is 32.1. The van der Waals surface area contributed by atoms with Crippen LogP contribution in [0.1, 0.15) is 35.6 Å². The molecule has 100 valence electrons. The summed E-state index contributed by atoms with van der Waals surface area (Å²) in [5.74, 6) is 0.652. The van der Waals surface area contributed by atoms with E-state index in [-0.39, 0.29) is 0 Å². The number of thiazole rings is 1. The zero-order valence-electron chi connectivity index (χ0n) is 11.6. The van der Waals surface area contributed by atoms with E-state index >= 15 is 0 Å². The van der Waals surface area contributed by atoms with Gasteiger partial charge < -0.3 is 4.90 Å². The number of hydrogen-bond donors (Lipinski definition) is 0. The van der Waals surface area contributed by atoms with Gasteiger partial charge >= 0.3 is 0 Å². The van der Waals surface area contributed by atoms with Crippen LogP contribution in [0.3, 0.4) is 0 Å². The first kappa shape index (κ1) is 12.7. The van der Waals surface area contributed by atoms with Gasteiger partial charge in [-0.05, 0) is 37.8 Å². The molecule has 0 bridgehead atoms. The fraction of sp³-hybridized carbons (Fsp3) is 0.438. The molecular formula is C16H20N2S. The largest absolute Gasteiger partial charge is 0.347 e. The maximum absolute atomic E-state index is 4.63. The Balaban J connectivity index is 1.80. The second kappa shape index (κ2) is 5.33. The first-order chi connectivity index (χ1) is 9.24. The summed E-state index contributed by atoms with van der Waals surface area (Å²) in [6.45, 7) is 6.55. The molecule has 0 spiro atoms. The van der Waals surface area contributed by atoms with Crippen LogP contribution in [0.2, 0.25) is 0 Å². The van der Waals surface area contributed by atoms with E-state index in [9.17, 15) is 0 Å². The van der Waals surface area contributed by atoms with E-state index in [1.54, 1.807) is 11.3 Å². The molecule has 1 aliphatic heterocycles. The van der Waals surface area contributed by atoms with Gasteiger partial charge in [0, 0.05) is 24.4 Å². The Labute approximate surface area is 119 Å². The molecule has 1 aromatic heterocycles. The third-order valence-corrected chi connectivity index (χ3v) is 4.95. The fourth-order valence-corrected chi connectivity index (χ4v) is 3.78. The molecule has 1 saturated heterocycles. The van der Waals surface area contributed by atoms with Crippen LogP contribution in [0.15, 0.2) is 29.6 Å². The van der Waals surface area contributed by atoms with Crippen molar-refractivity contribution >= 4 is 16.5 Å². The molecule has 0 amide bonds. The molecule has 0 N–H and O–H groups in total. The Morgan fingerprint density at radius 1 is 1.26 bits per heavy atom. The van der Waals surface area contributed by atoms with Crippen molar-refractivity contribution in [2.45, 2.75) is 32.6 Å². The molecule has 1 aromatic carbocycles. The Morgan fingerprint density at radius 2 is 2.11 bits per heavy atom. The molecule has 0 saturated carbocycles. The number of nitrogens with zero attached hydrogens (tertiary/aromatic N) is 2. The van der Waals surface area contributed by atoms with Gasteiger partial charge in [0.05, 0.1) is 5.69 Å². The number of hydrogen-bond acceptors (Lipinski definition) is 3. The molecule has 2 aromatic rings. The third kappa shape index (κ3) is 2.66. The van der Waals surface area contributed by atoms with Crippen molar-refractivity contribution in [2.24, 2.45) is 0 Å². The van der Waals surface area contributed by atoms with Gasteiger partial charge in [0.15, 0.2) is 5.13 Å². The van der Waals surface area contributed by atoms with E-state index in [1.807, 2.05) is 0 Å². The monoisotopic (exact) mass is 272 g/mol. The van der Waals surface area contributed by atoms with E-state index < -0.39 is 0 Å². The molecule has 1 aliphatic rings. The minimum absolute atomic E-state index is 0.652. The molecule has 3 heteroatoms. The number of rotatable bonds is 2.